The predicted molar refractivity (Wildman–Crippen MR) is 92.2 cm³/mol. The van der Waals surface area contributed by atoms with Crippen molar-refractivity contribution in [3.63, 3.8) is 0 Å². The van der Waals surface area contributed by atoms with Crippen molar-refractivity contribution in [1.29, 1.82) is 0 Å². The second-order valence-electron chi connectivity index (χ2n) is 6.59. The molecule has 1 aromatic carbocycles. The number of carbonyl (C=O) groups excluding carboxylic acids is 2. The summed E-state index contributed by atoms with van der Waals surface area (Å²) in [4.78, 5) is 23.9. The summed E-state index contributed by atoms with van der Waals surface area (Å²) in [6.45, 7) is 2.60. The molecule has 4 nitrogen and oxygen atoms in total. The van der Waals surface area contributed by atoms with E-state index in [0.29, 0.717) is 12.0 Å². The van der Waals surface area contributed by atoms with Gasteiger partial charge in [0.25, 0.3) is 5.91 Å². The molecule has 2 rings (SSSR count). The van der Waals surface area contributed by atoms with Crippen LogP contribution in [0.4, 0.5) is 0 Å². The monoisotopic (exact) mass is 316 g/mol. The summed E-state index contributed by atoms with van der Waals surface area (Å²) in [5.74, 6) is 0.750. The Morgan fingerprint density at radius 3 is 2.57 bits per heavy atom. The molecule has 0 radical (unpaired) electrons. The maximum absolute atomic E-state index is 12.0. The molecule has 23 heavy (non-hydrogen) atoms. The average molecular weight is 316 g/mol. The van der Waals surface area contributed by atoms with Crippen LogP contribution in [0.2, 0.25) is 0 Å². The number of hydrogen-bond donors (Lipinski definition) is 2. The van der Waals surface area contributed by atoms with Gasteiger partial charge in [0.1, 0.15) is 0 Å². The molecule has 1 saturated carbocycles. The third-order valence-corrected chi connectivity index (χ3v) is 4.49. The summed E-state index contributed by atoms with van der Waals surface area (Å²) in [6, 6.07) is 8.90. The van der Waals surface area contributed by atoms with Gasteiger partial charge in [-0.15, -0.1) is 0 Å². The van der Waals surface area contributed by atoms with Crippen molar-refractivity contribution in [1.82, 2.24) is 10.6 Å². The quantitative estimate of drug-likeness (QED) is 0.723. The van der Waals surface area contributed by atoms with Gasteiger partial charge in [0.2, 0.25) is 5.91 Å². The topological polar surface area (TPSA) is 58.2 Å². The Kier molecular flexibility index (Phi) is 7.11. The van der Waals surface area contributed by atoms with Crippen molar-refractivity contribution in [2.75, 3.05) is 6.54 Å². The minimum atomic E-state index is -0.169. The molecule has 2 amide bonds. The first-order valence-electron chi connectivity index (χ1n) is 8.78. The molecule has 126 valence electrons. The fraction of sp³-hybridized carbons (Fsp3) is 0.579. The summed E-state index contributed by atoms with van der Waals surface area (Å²) in [7, 11) is 0. The lowest BCUT2D eigenvalue weighted by molar-refractivity contribution is -0.121. The summed E-state index contributed by atoms with van der Waals surface area (Å²) in [6.07, 6.45) is 8.06. The van der Waals surface area contributed by atoms with Crippen LogP contribution in [0.1, 0.15) is 62.2 Å². The van der Waals surface area contributed by atoms with Crippen molar-refractivity contribution in [2.45, 2.75) is 57.9 Å². The van der Waals surface area contributed by atoms with E-state index in [1.807, 2.05) is 25.1 Å². The predicted octanol–water partition coefficient (Wildman–Crippen LogP) is 3.28. The van der Waals surface area contributed by atoms with Gasteiger partial charge in [-0.2, -0.15) is 0 Å². The van der Waals surface area contributed by atoms with Crippen LogP contribution in [0.15, 0.2) is 30.3 Å². The molecule has 0 bridgehead atoms. The molecule has 4 heteroatoms. The molecule has 0 aromatic heterocycles. The lowest BCUT2D eigenvalue weighted by Gasteiger charge is -2.14. The SMILES string of the molecule is CC(CC(=O)NCCCC1CCCC1)NC(=O)c1ccccc1. The standard InChI is InChI=1S/C19H28N2O2/c1-15(21-19(23)17-11-3-2-4-12-17)14-18(22)20-13-7-10-16-8-5-6-9-16/h2-4,11-12,15-16H,5-10,13-14H2,1H3,(H,20,22)(H,21,23). The summed E-state index contributed by atoms with van der Waals surface area (Å²) < 4.78 is 0. The summed E-state index contributed by atoms with van der Waals surface area (Å²) >= 11 is 0. The lowest BCUT2D eigenvalue weighted by Crippen LogP contribution is -2.37. The van der Waals surface area contributed by atoms with Gasteiger partial charge in [-0.1, -0.05) is 43.9 Å². The minimum Gasteiger partial charge on any atom is -0.356 e. The second-order valence-corrected chi connectivity index (χ2v) is 6.59. The van der Waals surface area contributed by atoms with Crippen LogP contribution in [0.25, 0.3) is 0 Å². The van der Waals surface area contributed by atoms with E-state index in [4.69, 9.17) is 0 Å². The molecule has 1 unspecified atom stereocenters. The molecule has 1 fully saturated rings. The highest BCUT2D eigenvalue weighted by atomic mass is 16.2. The van der Waals surface area contributed by atoms with Crippen LogP contribution in [-0.4, -0.2) is 24.4 Å². The molecule has 1 aliphatic carbocycles. The third kappa shape index (κ3) is 6.43. The Bertz CT molecular complexity index is 495. The highest BCUT2D eigenvalue weighted by molar-refractivity contribution is 5.94. The maximum Gasteiger partial charge on any atom is 0.251 e. The van der Waals surface area contributed by atoms with Gasteiger partial charge in [0, 0.05) is 24.6 Å². The summed E-state index contributed by atoms with van der Waals surface area (Å²) in [5, 5.41) is 5.82. The van der Waals surface area contributed by atoms with E-state index in [1.165, 1.54) is 32.1 Å². The van der Waals surface area contributed by atoms with Gasteiger partial charge < -0.3 is 10.6 Å². The molecule has 0 saturated heterocycles. The number of amides is 2. The molecular formula is C19H28N2O2. The van der Waals surface area contributed by atoms with Crippen molar-refractivity contribution in [2.24, 2.45) is 5.92 Å². The van der Waals surface area contributed by atoms with E-state index in [0.717, 1.165) is 18.9 Å². The Balaban J connectivity index is 1.59. The maximum atomic E-state index is 12.0. The Morgan fingerprint density at radius 1 is 1.17 bits per heavy atom. The number of carbonyl (C=O) groups is 2. The van der Waals surface area contributed by atoms with Crippen LogP contribution < -0.4 is 10.6 Å². The van der Waals surface area contributed by atoms with E-state index in [2.05, 4.69) is 10.6 Å². The van der Waals surface area contributed by atoms with Gasteiger partial charge in [0.15, 0.2) is 0 Å². The minimum absolute atomic E-state index is 0.0114. The zero-order chi connectivity index (χ0) is 16.5. The first-order valence-corrected chi connectivity index (χ1v) is 8.78. The van der Waals surface area contributed by atoms with Gasteiger partial charge in [-0.25, -0.2) is 0 Å². The van der Waals surface area contributed by atoms with E-state index in [9.17, 15) is 9.59 Å². The number of hydrogen-bond acceptors (Lipinski definition) is 2. The fourth-order valence-corrected chi connectivity index (χ4v) is 3.22. The van der Waals surface area contributed by atoms with Crippen molar-refractivity contribution < 1.29 is 9.59 Å². The number of rotatable bonds is 8. The molecule has 1 aromatic rings. The highest BCUT2D eigenvalue weighted by Crippen LogP contribution is 2.28. The smallest absolute Gasteiger partial charge is 0.251 e. The lowest BCUT2D eigenvalue weighted by atomic mass is 10.0. The molecule has 0 heterocycles. The van der Waals surface area contributed by atoms with Crippen molar-refractivity contribution >= 4 is 11.8 Å². The van der Waals surface area contributed by atoms with E-state index in [1.54, 1.807) is 12.1 Å². The van der Waals surface area contributed by atoms with Gasteiger partial charge in [0.05, 0.1) is 0 Å². The van der Waals surface area contributed by atoms with E-state index < -0.39 is 0 Å². The van der Waals surface area contributed by atoms with Gasteiger partial charge in [-0.3, -0.25) is 9.59 Å². The number of nitrogens with one attached hydrogen (secondary N) is 2. The van der Waals surface area contributed by atoms with E-state index >= 15 is 0 Å². The fourth-order valence-electron chi connectivity index (χ4n) is 3.22. The third-order valence-electron chi connectivity index (χ3n) is 4.49. The van der Waals surface area contributed by atoms with Crippen LogP contribution in [-0.2, 0) is 4.79 Å². The molecule has 2 N–H and O–H groups in total. The van der Waals surface area contributed by atoms with E-state index in [-0.39, 0.29) is 17.9 Å². The van der Waals surface area contributed by atoms with Crippen LogP contribution in [0.3, 0.4) is 0 Å². The first kappa shape index (κ1) is 17.5. The largest absolute Gasteiger partial charge is 0.356 e. The molecule has 0 spiro atoms. The Labute approximate surface area is 139 Å². The van der Waals surface area contributed by atoms with Gasteiger partial charge >= 0.3 is 0 Å². The Hall–Kier alpha value is -1.84. The van der Waals surface area contributed by atoms with Gasteiger partial charge in [-0.05, 0) is 37.8 Å². The number of benzene rings is 1. The Morgan fingerprint density at radius 2 is 1.87 bits per heavy atom. The molecule has 0 aliphatic heterocycles. The highest BCUT2D eigenvalue weighted by Gasteiger charge is 2.15. The normalized spacial score (nSPS) is 16.0. The zero-order valence-corrected chi connectivity index (χ0v) is 14.0. The van der Waals surface area contributed by atoms with Crippen LogP contribution >= 0.6 is 0 Å². The summed E-state index contributed by atoms with van der Waals surface area (Å²) in [5.41, 5.74) is 0.622. The van der Waals surface area contributed by atoms with Crippen molar-refractivity contribution in [3.8, 4) is 0 Å². The van der Waals surface area contributed by atoms with Crippen molar-refractivity contribution in [3.05, 3.63) is 35.9 Å². The first-order chi connectivity index (χ1) is 11.1. The molecule has 1 aliphatic rings. The zero-order valence-electron chi connectivity index (χ0n) is 14.0. The molecule has 1 atom stereocenters. The average Bonchev–Trinajstić information content (AvgIpc) is 3.05. The molecular weight excluding hydrogens is 288 g/mol. The van der Waals surface area contributed by atoms with Crippen LogP contribution in [0.5, 0.6) is 0 Å². The second kappa shape index (κ2) is 9.33. The van der Waals surface area contributed by atoms with Crippen LogP contribution in [0, 0.1) is 5.92 Å².